The maximum Gasteiger partial charge on any atom is 0.146 e. The minimum atomic E-state index is -0.605. The summed E-state index contributed by atoms with van der Waals surface area (Å²) in [4.78, 5) is 2.06. The molecular weight excluding hydrogens is 193 g/mol. The van der Waals surface area contributed by atoms with Crippen molar-refractivity contribution in [3.05, 3.63) is 29.6 Å². The summed E-state index contributed by atoms with van der Waals surface area (Å²) in [5.74, 6) is -0.227. The van der Waals surface area contributed by atoms with E-state index in [0.717, 1.165) is 25.9 Å². The highest BCUT2D eigenvalue weighted by Gasteiger charge is 2.16. The minimum absolute atomic E-state index is 0.227. The molecule has 1 aliphatic heterocycles. The van der Waals surface area contributed by atoms with Gasteiger partial charge in [-0.2, -0.15) is 0 Å². The fourth-order valence-corrected chi connectivity index (χ4v) is 2.00. The molecule has 1 fully saturated rings. The Morgan fingerprint density at radius 1 is 1.33 bits per heavy atom. The van der Waals surface area contributed by atoms with Crippen LogP contribution in [-0.2, 0) is 0 Å². The van der Waals surface area contributed by atoms with Gasteiger partial charge in [0.25, 0.3) is 0 Å². The smallest absolute Gasteiger partial charge is 0.146 e. The van der Waals surface area contributed by atoms with E-state index in [9.17, 15) is 9.50 Å². The molecule has 1 aromatic rings. The molecule has 0 bridgehead atoms. The Bertz CT molecular complexity index is 345. The summed E-state index contributed by atoms with van der Waals surface area (Å²) in [5, 5.41) is 9.32. The second-order valence-corrected chi connectivity index (χ2v) is 4.08. The molecule has 82 valence electrons. The lowest BCUT2D eigenvalue weighted by atomic mass is 10.1. The quantitative estimate of drug-likeness (QED) is 0.808. The van der Waals surface area contributed by atoms with E-state index in [4.69, 9.17) is 0 Å². The van der Waals surface area contributed by atoms with Crippen molar-refractivity contribution in [1.29, 1.82) is 0 Å². The number of halogens is 1. The fourth-order valence-electron chi connectivity index (χ4n) is 2.00. The van der Waals surface area contributed by atoms with E-state index in [1.54, 1.807) is 19.1 Å². The molecule has 0 aliphatic carbocycles. The summed E-state index contributed by atoms with van der Waals surface area (Å²) < 4.78 is 13.7. The van der Waals surface area contributed by atoms with Crippen LogP contribution in [-0.4, -0.2) is 18.2 Å². The number of hydrogen-bond donors (Lipinski definition) is 1. The molecule has 1 aromatic carbocycles. The molecule has 0 radical (unpaired) electrons. The normalized spacial score (nSPS) is 18.2. The van der Waals surface area contributed by atoms with Crippen LogP contribution in [0.1, 0.15) is 31.4 Å². The van der Waals surface area contributed by atoms with Crippen LogP contribution >= 0.6 is 0 Å². The zero-order valence-corrected chi connectivity index (χ0v) is 8.91. The first-order valence-electron chi connectivity index (χ1n) is 5.41. The van der Waals surface area contributed by atoms with Gasteiger partial charge >= 0.3 is 0 Å². The van der Waals surface area contributed by atoms with Gasteiger partial charge < -0.3 is 10.0 Å². The van der Waals surface area contributed by atoms with Gasteiger partial charge in [0.1, 0.15) is 5.82 Å². The van der Waals surface area contributed by atoms with E-state index >= 15 is 0 Å². The summed E-state index contributed by atoms with van der Waals surface area (Å²) in [7, 11) is 0. The van der Waals surface area contributed by atoms with Gasteiger partial charge in [0.2, 0.25) is 0 Å². The van der Waals surface area contributed by atoms with E-state index in [0.29, 0.717) is 11.3 Å². The Labute approximate surface area is 89.3 Å². The molecule has 0 amide bonds. The Morgan fingerprint density at radius 2 is 2.00 bits per heavy atom. The third-order valence-electron chi connectivity index (χ3n) is 2.90. The lowest BCUT2D eigenvalue weighted by Crippen LogP contribution is -2.19. The zero-order chi connectivity index (χ0) is 10.8. The van der Waals surface area contributed by atoms with Crippen LogP contribution in [0.4, 0.5) is 10.1 Å². The van der Waals surface area contributed by atoms with Gasteiger partial charge in [-0.1, -0.05) is 6.07 Å². The molecule has 3 heteroatoms. The van der Waals surface area contributed by atoms with Crippen LogP contribution in [0.2, 0.25) is 0 Å². The van der Waals surface area contributed by atoms with Gasteiger partial charge in [0, 0.05) is 13.1 Å². The number of aliphatic hydroxyl groups is 1. The van der Waals surface area contributed by atoms with Crippen molar-refractivity contribution in [2.45, 2.75) is 25.9 Å². The van der Waals surface area contributed by atoms with Crippen molar-refractivity contribution in [3.63, 3.8) is 0 Å². The van der Waals surface area contributed by atoms with E-state index in [1.807, 2.05) is 0 Å². The molecule has 0 saturated carbocycles. The van der Waals surface area contributed by atoms with Crippen molar-refractivity contribution in [2.75, 3.05) is 18.0 Å². The van der Waals surface area contributed by atoms with Gasteiger partial charge in [-0.05, 0) is 37.5 Å². The fraction of sp³-hybridized carbons (Fsp3) is 0.500. The van der Waals surface area contributed by atoms with Crippen LogP contribution in [0.15, 0.2) is 18.2 Å². The average molecular weight is 209 g/mol. The molecule has 1 N–H and O–H groups in total. The summed E-state index contributed by atoms with van der Waals surface area (Å²) in [6, 6.07) is 4.99. The predicted molar refractivity (Wildman–Crippen MR) is 58.5 cm³/mol. The predicted octanol–water partition coefficient (Wildman–Crippen LogP) is 2.48. The second kappa shape index (κ2) is 4.19. The van der Waals surface area contributed by atoms with Crippen LogP contribution in [0, 0.1) is 5.82 Å². The largest absolute Gasteiger partial charge is 0.389 e. The van der Waals surface area contributed by atoms with Crippen molar-refractivity contribution in [3.8, 4) is 0 Å². The van der Waals surface area contributed by atoms with Crippen LogP contribution in [0.25, 0.3) is 0 Å². The third kappa shape index (κ3) is 2.12. The lowest BCUT2D eigenvalue weighted by Gasteiger charge is -2.19. The summed E-state index contributed by atoms with van der Waals surface area (Å²) in [6.07, 6.45) is 1.67. The molecule has 2 nitrogen and oxygen atoms in total. The molecule has 0 spiro atoms. The zero-order valence-electron chi connectivity index (χ0n) is 8.91. The van der Waals surface area contributed by atoms with Crippen LogP contribution in [0.3, 0.4) is 0 Å². The molecular formula is C12H16FNO. The maximum atomic E-state index is 13.7. The Kier molecular flexibility index (Phi) is 2.91. The van der Waals surface area contributed by atoms with E-state index in [1.165, 1.54) is 6.07 Å². The highest BCUT2D eigenvalue weighted by Crippen LogP contribution is 2.26. The van der Waals surface area contributed by atoms with E-state index in [-0.39, 0.29) is 5.82 Å². The maximum absolute atomic E-state index is 13.7. The number of rotatable bonds is 2. The van der Waals surface area contributed by atoms with Crippen molar-refractivity contribution < 1.29 is 9.50 Å². The standard InChI is InChI=1S/C12H16FNO/c1-9(15)10-4-5-12(11(13)8-10)14-6-2-3-7-14/h4-5,8-9,15H,2-3,6-7H2,1H3. The summed E-state index contributed by atoms with van der Waals surface area (Å²) in [5.41, 5.74) is 1.30. The van der Waals surface area contributed by atoms with Gasteiger partial charge in [0.05, 0.1) is 11.8 Å². The molecule has 1 atom stereocenters. The first-order chi connectivity index (χ1) is 7.18. The highest BCUT2D eigenvalue weighted by atomic mass is 19.1. The Balaban J connectivity index is 2.25. The Hall–Kier alpha value is -1.09. The number of anilines is 1. The van der Waals surface area contributed by atoms with Gasteiger partial charge in [0.15, 0.2) is 0 Å². The topological polar surface area (TPSA) is 23.5 Å². The van der Waals surface area contributed by atoms with E-state index < -0.39 is 6.10 Å². The number of benzene rings is 1. The molecule has 1 unspecified atom stereocenters. The number of hydrogen-bond acceptors (Lipinski definition) is 2. The molecule has 2 rings (SSSR count). The molecule has 1 saturated heterocycles. The molecule has 15 heavy (non-hydrogen) atoms. The third-order valence-corrected chi connectivity index (χ3v) is 2.90. The second-order valence-electron chi connectivity index (χ2n) is 4.08. The van der Waals surface area contributed by atoms with Crippen molar-refractivity contribution in [1.82, 2.24) is 0 Å². The van der Waals surface area contributed by atoms with Crippen LogP contribution in [0.5, 0.6) is 0 Å². The minimum Gasteiger partial charge on any atom is -0.389 e. The monoisotopic (exact) mass is 209 g/mol. The average Bonchev–Trinajstić information content (AvgIpc) is 2.70. The first-order valence-corrected chi connectivity index (χ1v) is 5.41. The van der Waals surface area contributed by atoms with Crippen molar-refractivity contribution in [2.24, 2.45) is 0 Å². The summed E-state index contributed by atoms with van der Waals surface area (Å²) >= 11 is 0. The number of nitrogens with zero attached hydrogens (tertiary/aromatic N) is 1. The Morgan fingerprint density at radius 3 is 2.53 bits per heavy atom. The van der Waals surface area contributed by atoms with Crippen molar-refractivity contribution >= 4 is 5.69 Å². The SMILES string of the molecule is CC(O)c1ccc(N2CCCC2)c(F)c1. The molecule has 0 aromatic heterocycles. The van der Waals surface area contributed by atoms with Crippen LogP contribution < -0.4 is 4.90 Å². The first kappa shape index (κ1) is 10.4. The molecule has 1 heterocycles. The highest BCUT2D eigenvalue weighted by molar-refractivity contribution is 5.50. The van der Waals surface area contributed by atoms with E-state index in [2.05, 4.69) is 4.90 Å². The van der Waals surface area contributed by atoms with Gasteiger partial charge in [-0.3, -0.25) is 0 Å². The van der Waals surface area contributed by atoms with Gasteiger partial charge in [-0.25, -0.2) is 4.39 Å². The number of aliphatic hydroxyl groups excluding tert-OH is 1. The lowest BCUT2D eigenvalue weighted by molar-refractivity contribution is 0.199. The van der Waals surface area contributed by atoms with Gasteiger partial charge in [-0.15, -0.1) is 0 Å². The molecule has 1 aliphatic rings. The summed E-state index contributed by atoms with van der Waals surface area (Å²) in [6.45, 7) is 3.51.